The average Bonchev–Trinajstić information content (AvgIpc) is 2.89. The summed E-state index contributed by atoms with van der Waals surface area (Å²) in [5.41, 5.74) is -0.348. The van der Waals surface area contributed by atoms with Gasteiger partial charge in [-0.3, -0.25) is 4.79 Å². The van der Waals surface area contributed by atoms with Gasteiger partial charge < -0.3 is 15.5 Å². The van der Waals surface area contributed by atoms with Crippen molar-refractivity contribution >= 4 is 29.3 Å². The van der Waals surface area contributed by atoms with Crippen LogP contribution in [0.25, 0.3) is 0 Å². The third-order valence-electron chi connectivity index (χ3n) is 3.70. The molecule has 2 rings (SSSR count). The summed E-state index contributed by atoms with van der Waals surface area (Å²) in [4.78, 5) is 23.0. The lowest BCUT2D eigenvalue weighted by atomic mass is 9.89. The van der Waals surface area contributed by atoms with Gasteiger partial charge in [0.1, 0.15) is 11.6 Å². The van der Waals surface area contributed by atoms with Crippen molar-refractivity contribution in [3.8, 4) is 0 Å². The van der Waals surface area contributed by atoms with Crippen LogP contribution in [-0.4, -0.2) is 49.3 Å². The Morgan fingerprint density at radius 3 is 2.80 bits per heavy atom. The summed E-state index contributed by atoms with van der Waals surface area (Å²) in [7, 11) is 3.53. The Balaban J connectivity index is 2.23. The van der Waals surface area contributed by atoms with Crippen LogP contribution in [0.15, 0.2) is 11.2 Å². The zero-order valence-corrected chi connectivity index (χ0v) is 13.2. The fraction of sp³-hybridized carbons (Fsp3) is 0.615. The van der Waals surface area contributed by atoms with Crippen molar-refractivity contribution in [3.63, 3.8) is 0 Å². The van der Waals surface area contributed by atoms with Gasteiger partial charge in [-0.1, -0.05) is 11.8 Å². The second-order valence-corrected chi connectivity index (χ2v) is 5.93. The summed E-state index contributed by atoms with van der Waals surface area (Å²) in [6.07, 6.45) is 2.79. The third kappa shape index (κ3) is 2.82. The van der Waals surface area contributed by atoms with Gasteiger partial charge >= 0.3 is 0 Å². The number of rotatable bonds is 4. The Morgan fingerprint density at radius 1 is 1.45 bits per heavy atom. The van der Waals surface area contributed by atoms with Gasteiger partial charge in [-0.15, -0.1) is 0 Å². The Kier molecular flexibility index (Phi) is 4.37. The minimum Gasteiger partial charge on any atom is -0.373 e. The van der Waals surface area contributed by atoms with Crippen molar-refractivity contribution < 1.29 is 4.79 Å². The number of thioether (sulfide) groups is 1. The van der Waals surface area contributed by atoms with Gasteiger partial charge in [0.05, 0.1) is 5.41 Å². The van der Waals surface area contributed by atoms with E-state index in [0.717, 1.165) is 29.8 Å². The highest BCUT2D eigenvalue weighted by Gasteiger charge is 2.40. The molecule has 0 bridgehead atoms. The molecule has 20 heavy (non-hydrogen) atoms. The van der Waals surface area contributed by atoms with Gasteiger partial charge in [0.25, 0.3) is 0 Å². The van der Waals surface area contributed by atoms with Crippen LogP contribution in [0.2, 0.25) is 0 Å². The maximum atomic E-state index is 12.0. The van der Waals surface area contributed by atoms with Crippen LogP contribution in [-0.2, 0) is 4.79 Å². The van der Waals surface area contributed by atoms with E-state index in [1.807, 2.05) is 26.3 Å². The Hall–Kier alpha value is -1.50. The first-order chi connectivity index (χ1) is 9.52. The van der Waals surface area contributed by atoms with Gasteiger partial charge in [-0.2, -0.15) is 0 Å². The lowest BCUT2D eigenvalue weighted by Gasteiger charge is -2.23. The number of hydrogen-bond donors (Lipinski definition) is 2. The molecular formula is C13H21N5OS. The minimum absolute atomic E-state index is 0.0907. The van der Waals surface area contributed by atoms with E-state index in [4.69, 9.17) is 0 Å². The molecule has 1 atom stereocenters. The summed E-state index contributed by atoms with van der Waals surface area (Å²) in [5.74, 6) is 1.77. The summed E-state index contributed by atoms with van der Waals surface area (Å²) in [6.45, 7) is 3.51. The van der Waals surface area contributed by atoms with Crippen LogP contribution in [0.5, 0.6) is 0 Å². The molecule has 6 nitrogen and oxygen atoms in total. The molecule has 0 aliphatic carbocycles. The largest absolute Gasteiger partial charge is 0.373 e. The first-order valence-corrected chi connectivity index (χ1v) is 7.83. The van der Waals surface area contributed by atoms with Crippen LogP contribution in [0.1, 0.15) is 13.3 Å². The quantitative estimate of drug-likeness (QED) is 0.642. The van der Waals surface area contributed by atoms with Gasteiger partial charge in [-0.25, -0.2) is 9.97 Å². The Morgan fingerprint density at radius 2 is 2.20 bits per heavy atom. The first kappa shape index (κ1) is 14.9. The van der Waals surface area contributed by atoms with Crippen LogP contribution < -0.4 is 15.5 Å². The maximum absolute atomic E-state index is 12.0. The van der Waals surface area contributed by atoms with Crippen molar-refractivity contribution in [2.45, 2.75) is 18.5 Å². The summed E-state index contributed by atoms with van der Waals surface area (Å²) >= 11 is 1.51. The van der Waals surface area contributed by atoms with Gasteiger partial charge in [0.15, 0.2) is 5.16 Å². The Labute approximate surface area is 123 Å². The molecule has 0 spiro atoms. The molecule has 1 aliphatic heterocycles. The molecule has 2 heterocycles. The van der Waals surface area contributed by atoms with Crippen molar-refractivity contribution in [2.75, 3.05) is 43.7 Å². The van der Waals surface area contributed by atoms with Crippen LogP contribution in [0.4, 0.5) is 11.6 Å². The van der Waals surface area contributed by atoms with E-state index in [9.17, 15) is 4.79 Å². The number of amides is 1. The lowest BCUT2D eigenvalue weighted by molar-refractivity contribution is -0.128. The summed E-state index contributed by atoms with van der Waals surface area (Å²) < 4.78 is 0. The highest BCUT2D eigenvalue weighted by Crippen LogP contribution is 2.33. The summed E-state index contributed by atoms with van der Waals surface area (Å²) in [6, 6.07) is 1.93. The SMILES string of the molecule is CNC(=O)C1(C)CCN(c2cc(NC)nc(SC)n2)C1. The number of nitrogens with one attached hydrogen (secondary N) is 2. The molecule has 0 aromatic carbocycles. The highest BCUT2D eigenvalue weighted by molar-refractivity contribution is 7.98. The molecular weight excluding hydrogens is 274 g/mol. The summed E-state index contributed by atoms with van der Waals surface area (Å²) in [5, 5.41) is 6.54. The topological polar surface area (TPSA) is 70.2 Å². The number of nitrogens with zero attached hydrogens (tertiary/aromatic N) is 3. The Bertz CT molecular complexity index is 487. The predicted molar refractivity (Wildman–Crippen MR) is 82.4 cm³/mol. The molecule has 1 aliphatic rings. The monoisotopic (exact) mass is 295 g/mol. The van der Waals surface area contributed by atoms with Crippen molar-refractivity contribution in [1.82, 2.24) is 15.3 Å². The molecule has 0 saturated carbocycles. The fourth-order valence-corrected chi connectivity index (χ4v) is 2.81. The highest BCUT2D eigenvalue weighted by atomic mass is 32.2. The minimum atomic E-state index is -0.348. The van der Waals surface area contributed by atoms with Crippen LogP contribution in [0.3, 0.4) is 0 Å². The molecule has 1 amide bonds. The molecule has 7 heteroatoms. The van der Waals surface area contributed by atoms with E-state index >= 15 is 0 Å². The molecule has 110 valence electrons. The normalized spacial score (nSPS) is 21.9. The van der Waals surface area contributed by atoms with Gasteiger partial charge in [0, 0.05) is 33.3 Å². The molecule has 1 aromatic rings. The molecule has 1 aromatic heterocycles. The number of anilines is 2. The second-order valence-electron chi connectivity index (χ2n) is 5.16. The number of carbonyl (C=O) groups excluding carboxylic acids is 1. The molecule has 1 unspecified atom stereocenters. The van der Waals surface area contributed by atoms with Gasteiger partial charge in [-0.05, 0) is 19.6 Å². The predicted octanol–water partition coefficient (Wildman–Crippen LogP) is 1.20. The molecule has 1 fully saturated rings. The zero-order valence-electron chi connectivity index (χ0n) is 12.4. The first-order valence-electron chi connectivity index (χ1n) is 6.60. The van der Waals surface area contributed by atoms with Crippen molar-refractivity contribution in [2.24, 2.45) is 5.41 Å². The van der Waals surface area contributed by atoms with E-state index in [0.29, 0.717) is 6.54 Å². The lowest BCUT2D eigenvalue weighted by Crippen LogP contribution is -2.39. The van der Waals surface area contributed by atoms with E-state index in [2.05, 4.69) is 25.5 Å². The second kappa shape index (κ2) is 5.87. The van der Waals surface area contributed by atoms with Crippen molar-refractivity contribution in [1.29, 1.82) is 0 Å². The fourth-order valence-electron chi connectivity index (χ4n) is 2.44. The third-order valence-corrected chi connectivity index (χ3v) is 4.25. The van der Waals surface area contributed by atoms with Crippen LogP contribution >= 0.6 is 11.8 Å². The van der Waals surface area contributed by atoms with Crippen molar-refractivity contribution in [3.05, 3.63) is 6.07 Å². The number of carbonyl (C=O) groups is 1. The molecule has 2 N–H and O–H groups in total. The van der Waals surface area contributed by atoms with Gasteiger partial charge in [0.2, 0.25) is 5.91 Å². The maximum Gasteiger partial charge on any atom is 0.227 e. The number of aromatic nitrogens is 2. The van der Waals surface area contributed by atoms with E-state index in [1.165, 1.54) is 11.8 Å². The average molecular weight is 295 g/mol. The number of hydrogen-bond acceptors (Lipinski definition) is 6. The smallest absolute Gasteiger partial charge is 0.227 e. The van der Waals surface area contributed by atoms with E-state index < -0.39 is 0 Å². The molecule has 1 saturated heterocycles. The zero-order chi connectivity index (χ0) is 14.8. The standard InChI is InChI=1S/C13H21N5OS/c1-13(11(19)15-3)5-6-18(8-13)10-7-9(14-2)16-12(17-10)20-4/h7H,5-6,8H2,1-4H3,(H,15,19)(H,14,16,17). The van der Waals surface area contributed by atoms with E-state index in [-0.39, 0.29) is 11.3 Å². The molecule has 0 radical (unpaired) electrons. The van der Waals surface area contributed by atoms with Crippen LogP contribution in [0, 0.1) is 5.41 Å². The van der Waals surface area contributed by atoms with E-state index in [1.54, 1.807) is 7.05 Å².